The van der Waals surface area contributed by atoms with Crippen molar-refractivity contribution in [1.82, 2.24) is 16.0 Å². The van der Waals surface area contributed by atoms with E-state index in [2.05, 4.69) is 28.6 Å². The van der Waals surface area contributed by atoms with E-state index in [1.54, 1.807) is 0 Å². The number of hydrogen-bond acceptors (Lipinski definition) is 6. The van der Waals surface area contributed by atoms with Crippen LogP contribution in [0.2, 0.25) is 0 Å². The largest absolute Gasteiger partial charge is 0.480 e. The average Bonchev–Trinajstić information content (AvgIpc) is 2.70. The van der Waals surface area contributed by atoms with Gasteiger partial charge in [0.15, 0.2) is 0 Å². The summed E-state index contributed by atoms with van der Waals surface area (Å²) in [6.07, 6.45) is 2.09. The van der Waals surface area contributed by atoms with Gasteiger partial charge >= 0.3 is 12.0 Å². The SMILES string of the molecule is NCCCC[C@H](NC(=O)N[C@@H](CS)C(=O)NC[C@H](N)Cc1ccccc1)C(=O)O. The summed E-state index contributed by atoms with van der Waals surface area (Å²) in [6.45, 7) is 0.686. The summed E-state index contributed by atoms with van der Waals surface area (Å²) in [7, 11) is 0. The third kappa shape index (κ3) is 10.2. The Labute approximate surface area is 176 Å². The highest BCUT2D eigenvalue weighted by Gasteiger charge is 2.23. The fourth-order valence-corrected chi connectivity index (χ4v) is 2.90. The lowest BCUT2D eigenvalue weighted by atomic mass is 10.1. The normalized spacial score (nSPS) is 13.8. The van der Waals surface area contributed by atoms with Crippen molar-refractivity contribution in [2.24, 2.45) is 11.5 Å². The molecule has 0 saturated carbocycles. The van der Waals surface area contributed by atoms with Crippen molar-refractivity contribution in [3.8, 4) is 0 Å². The molecule has 1 aromatic carbocycles. The van der Waals surface area contributed by atoms with Gasteiger partial charge in [-0.15, -0.1) is 0 Å². The van der Waals surface area contributed by atoms with Crippen molar-refractivity contribution in [2.75, 3.05) is 18.8 Å². The Morgan fingerprint density at radius 3 is 2.31 bits per heavy atom. The highest BCUT2D eigenvalue weighted by atomic mass is 32.1. The van der Waals surface area contributed by atoms with Crippen LogP contribution in [0, 0.1) is 0 Å². The van der Waals surface area contributed by atoms with E-state index in [1.807, 2.05) is 30.3 Å². The van der Waals surface area contributed by atoms with E-state index in [4.69, 9.17) is 11.5 Å². The van der Waals surface area contributed by atoms with E-state index in [9.17, 15) is 19.5 Å². The number of carbonyl (C=O) groups is 3. The van der Waals surface area contributed by atoms with Gasteiger partial charge in [-0.05, 0) is 37.8 Å². The van der Waals surface area contributed by atoms with Gasteiger partial charge in [-0.2, -0.15) is 12.6 Å². The molecule has 0 aliphatic heterocycles. The number of carbonyl (C=O) groups excluding carboxylic acids is 2. The molecule has 0 radical (unpaired) electrons. The van der Waals surface area contributed by atoms with Crippen LogP contribution in [0.5, 0.6) is 0 Å². The summed E-state index contributed by atoms with van der Waals surface area (Å²) in [6, 6.07) is 6.67. The molecular weight excluding hydrogens is 394 g/mol. The fourth-order valence-electron chi connectivity index (χ4n) is 2.65. The van der Waals surface area contributed by atoms with E-state index in [0.717, 1.165) is 5.56 Å². The molecule has 8 N–H and O–H groups in total. The first-order valence-electron chi connectivity index (χ1n) is 9.55. The number of thiol groups is 1. The Hall–Kier alpha value is -2.30. The Kier molecular flexibility index (Phi) is 11.8. The summed E-state index contributed by atoms with van der Waals surface area (Å²) >= 11 is 4.09. The van der Waals surface area contributed by atoms with Gasteiger partial charge in [-0.3, -0.25) is 4.79 Å². The standard InChI is InChI=1S/C19H31N5O4S/c20-9-5-4-8-15(18(26)27)23-19(28)24-16(12-29)17(25)22-11-14(21)10-13-6-2-1-3-7-13/h1-3,6-7,14-16,29H,4-5,8-12,20-21H2,(H,22,25)(H,26,27)(H2,23,24,28)/t14-,15+,16+/m1/s1. The minimum atomic E-state index is -1.14. The Morgan fingerprint density at radius 1 is 1.07 bits per heavy atom. The summed E-state index contributed by atoms with van der Waals surface area (Å²) in [5.41, 5.74) is 12.5. The van der Waals surface area contributed by atoms with Crippen LogP contribution in [0.15, 0.2) is 30.3 Å². The molecule has 0 spiro atoms. The number of unbranched alkanes of at least 4 members (excludes halogenated alkanes) is 1. The molecule has 3 amide bonds. The number of aliphatic carboxylic acids is 1. The molecule has 0 heterocycles. The molecule has 29 heavy (non-hydrogen) atoms. The van der Waals surface area contributed by atoms with Gasteiger partial charge in [0.25, 0.3) is 0 Å². The van der Waals surface area contributed by atoms with Crippen molar-refractivity contribution in [2.45, 2.75) is 43.8 Å². The minimum absolute atomic E-state index is 0.0537. The number of nitrogens with one attached hydrogen (secondary N) is 3. The maximum Gasteiger partial charge on any atom is 0.326 e. The number of carboxylic acid groups (broad SMARTS) is 1. The van der Waals surface area contributed by atoms with Crippen molar-refractivity contribution in [1.29, 1.82) is 0 Å². The molecule has 0 aliphatic rings. The smallest absolute Gasteiger partial charge is 0.326 e. The number of nitrogens with two attached hydrogens (primary N) is 2. The Morgan fingerprint density at radius 2 is 1.72 bits per heavy atom. The van der Waals surface area contributed by atoms with Gasteiger partial charge in [-0.25, -0.2) is 9.59 Å². The molecular formula is C19H31N5O4S. The first kappa shape index (κ1) is 24.7. The van der Waals surface area contributed by atoms with Gasteiger partial charge in [0.2, 0.25) is 5.91 Å². The van der Waals surface area contributed by atoms with Gasteiger partial charge in [0.1, 0.15) is 12.1 Å². The fraction of sp³-hybridized carbons (Fsp3) is 0.526. The topological polar surface area (TPSA) is 160 Å². The lowest BCUT2D eigenvalue weighted by Crippen LogP contribution is -2.55. The van der Waals surface area contributed by atoms with Gasteiger partial charge < -0.3 is 32.5 Å². The van der Waals surface area contributed by atoms with E-state index in [0.29, 0.717) is 25.8 Å². The molecule has 0 saturated heterocycles. The molecule has 10 heteroatoms. The van der Waals surface area contributed by atoms with E-state index < -0.39 is 30.0 Å². The van der Waals surface area contributed by atoms with E-state index in [-0.39, 0.29) is 24.8 Å². The van der Waals surface area contributed by atoms with Gasteiger partial charge in [0.05, 0.1) is 0 Å². The summed E-state index contributed by atoms with van der Waals surface area (Å²) in [5, 5.41) is 16.7. The Balaban J connectivity index is 2.46. The first-order chi connectivity index (χ1) is 13.9. The molecule has 0 aromatic heterocycles. The predicted molar refractivity (Wildman–Crippen MR) is 115 cm³/mol. The summed E-state index contributed by atoms with van der Waals surface area (Å²) in [5.74, 6) is -1.53. The molecule has 0 unspecified atom stereocenters. The number of urea groups is 1. The number of rotatable bonds is 13. The second-order valence-corrected chi connectivity index (χ2v) is 7.09. The van der Waals surface area contributed by atoms with Gasteiger partial charge in [0, 0.05) is 18.3 Å². The lowest BCUT2D eigenvalue weighted by molar-refractivity contribution is -0.139. The third-order valence-electron chi connectivity index (χ3n) is 4.23. The number of carboxylic acids is 1. The molecule has 9 nitrogen and oxygen atoms in total. The predicted octanol–water partition coefficient (Wildman–Crippen LogP) is -0.148. The second-order valence-electron chi connectivity index (χ2n) is 6.72. The van der Waals surface area contributed by atoms with Crippen LogP contribution in [0.1, 0.15) is 24.8 Å². The van der Waals surface area contributed by atoms with Crippen LogP contribution >= 0.6 is 12.6 Å². The summed E-state index contributed by atoms with van der Waals surface area (Å²) < 4.78 is 0. The summed E-state index contributed by atoms with van der Waals surface area (Å²) in [4.78, 5) is 35.7. The number of benzene rings is 1. The van der Waals surface area contributed by atoms with Crippen molar-refractivity contribution in [3.63, 3.8) is 0 Å². The second kappa shape index (κ2) is 13.8. The van der Waals surface area contributed by atoms with E-state index >= 15 is 0 Å². The highest BCUT2D eigenvalue weighted by Crippen LogP contribution is 2.02. The van der Waals surface area contributed by atoms with Crippen LogP contribution in [0.4, 0.5) is 4.79 Å². The third-order valence-corrected chi connectivity index (χ3v) is 4.60. The molecule has 1 rings (SSSR count). The van der Waals surface area contributed by atoms with Gasteiger partial charge in [-0.1, -0.05) is 30.3 Å². The molecule has 3 atom stereocenters. The van der Waals surface area contributed by atoms with Crippen molar-refractivity contribution in [3.05, 3.63) is 35.9 Å². The zero-order valence-electron chi connectivity index (χ0n) is 16.3. The quantitative estimate of drug-likeness (QED) is 0.172. The molecule has 0 aliphatic carbocycles. The zero-order chi connectivity index (χ0) is 21.6. The average molecular weight is 426 g/mol. The lowest BCUT2D eigenvalue weighted by Gasteiger charge is -2.20. The Bertz CT molecular complexity index is 647. The van der Waals surface area contributed by atoms with Crippen LogP contribution in [-0.2, 0) is 16.0 Å². The van der Waals surface area contributed by atoms with Crippen LogP contribution in [0.25, 0.3) is 0 Å². The number of hydrogen-bond donors (Lipinski definition) is 7. The maximum absolute atomic E-state index is 12.3. The molecule has 162 valence electrons. The zero-order valence-corrected chi connectivity index (χ0v) is 17.2. The first-order valence-corrected chi connectivity index (χ1v) is 10.2. The van der Waals surface area contributed by atoms with Crippen LogP contribution in [-0.4, -0.2) is 60.0 Å². The molecule has 0 fully saturated rings. The molecule has 0 bridgehead atoms. The monoisotopic (exact) mass is 425 g/mol. The molecule has 1 aromatic rings. The number of amides is 3. The van der Waals surface area contributed by atoms with E-state index in [1.165, 1.54) is 0 Å². The minimum Gasteiger partial charge on any atom is -0.480 e. The van der Waals surface area contributed by atoms with Crippen LogP contribution < -0.4 is 27.4 Å². The van der Waals surface area contributed by atoms with Crippen LogP contribution in [0.3, 0.4) is 0 Å². The van der Waals surface area contributed by atoms with Crippen molar-refractivity contribution >= 4 is 30.5 Å². The van der Waals surface area contributed by atoms with Crippen molar-refractivity contribution < 1.29 is 19.5 Å². The maximum atomic E-state index is 12.3. The highest BCUT2D eigenvalue weighted by molar-refractivity contribution is 7.80.